The van der Waals surface area contributed by atoms with E-state index in [1.54, 1.807) is 13.0 Å². The van der Waals surface area contributed by atoms with Crippen molar-refractivity contribution in [3.8, 4) is 0 Å². The minimum Gasteiger partial charge on any atom is -0.451 e. The average molecular weight is 385 g/mol. The van der Waals surface area contributed by atoms with E-state index in [1.165, 1.54) is 48.5 Å². The van der Waals surface area contributed by atoms with Gasteiger partial charge in [0.05, 0.1) is 4.90 Å². The van der Waals surface area contributed by atoms with Crippen LogP contribution in [0, 0.1) is 6.92 Å². The molecule has 0 saturated carbocycles. The summed E-state index contributed by atoms with van der Waals surface area (Å²) in [5, 5.41) is 0. The van der Waals surface area contributed by atoms with Crippen LogP contribution >= 0.6 is 0 Å². The number of sulfonamides is 1. The lowest BCUT2D eigenvalue weighted by Crippen LogP contribution is -2.26. The third-order valence-electron chi connectivity index (χ3n) is 3.14. The molecule has 0 atom stereocenters. The summed E-state index contributed by atoms with van der Waals surface area (Å²) >= 11 is 0. The highest BCUT2D eigenvalue weighted by Crippen LogP contribution is 2.18. The lowest BCUT2D eigenvalue weighted by molar-refractivity contribution is -0.181. The first-order valence-corrected chi connectivity index (χ1v) is 8.73. The van der Waals surface area contributed by atoms with Gasteiger partial charge in [0.25, 0.3) is 10.0 Å². The lowest BCUT2D eigenvalue weighted by Gasteiger charge is -2.10. The molecule has 2 rings (SSSR count). The van der Waals surface area contributed by atoms with Crippen LogP contribution in [0.3, 0.4) is 0 Å². The summed E-state index contributed by atoms with van der Waals surface area (Å²) < 4.78 is 69.3. The average Bonchev–Trinajstić information content (AvgIpc) is 2.58. The first kappa shape index (κ1) is 19.6. The Balaban J connectivity index is 2.44. The van der Waals surface area contributed by atoms with E-state index in [1.807, 2.05) is 0 Å². The molecular weight excluding hydrogens is 371 g/mol. The van der Waals surface area contributed by atoms with Gasteiger partial charge in [-0.05, 0) is 19.1 Å². The second-order valence-corrected chi connectivity index (χ2v) is 6.89. The van der Waals surface area contributed by atoms with E-state index in [0.717, 1.165) is 5.56 Å². The number of alkyl halides is 3. The summed E-state index contributed by atoms with van der Waals surface area (Å²) in [6, 6.07) is 12.9. The summed E-state index contributed by atoms with van der Waals surface area (Å²) in [6.07, 6.45) is -4.74. The molecule has 0 aromatic heterocycles. The van der Waals surface area contributed by atoms with E-state index in [0.29, 0.717) is 0 Å². The summed E-state index contributed by atoms with van der Waals surface area (Å²) in [5.41, 5.74) is 0.103. The number of hydrogen-bond donors (Lipinski definition) is 0. The molecule has 0 bridgehead atoms. The van der Waals surface area contributed by atoms with Crippen LogP contribution in [-0.2, 0) is 19.6 Å². The molecule has 0 amide bonds. The molecule has 0 aliphatic heterocycles. The van der Waals surface area contributed by atoms with Gasteiger partial charge in [0.15, 0.2) is 12.3 Å². The number of hydrogen-bond acceptors (Lipinski definition) is 4. The van der Waals surface area contributed by atoms with Crippen LogP contribution in [0.5, 0.6) is 0 Å². The van der Waals surface area contributed by atoms with E-state index in [-0.39, 0.29) is 10.5 Å². The highest BCUT2D eigenvalue weighted by atomic mass is 32.2. The third-order valence-corrected chi connectivity index (χ3v) is 4.43. The molecule has 5 nitrogen and oxygen atoms in total. The van der Waals surface area contributed by atoms with Crippen LogP contribution in [0.15, 0.2) is 63.9 Å². The maximum Gasteiger partial charge on any atom is 0.422 e. The molecular formula is C17H14F3NO4S. The largest absolute Gasteiger partial charge is 0.451 e. The molecule has 0 unspecified atom stereocenters. The van der Waals surface area contributed by atoms with Gasteiger partial charge in [0.2, 0.25) is 0 Å². The molecule has 26 heavy (non-hydrogen) atoms. The van der Waals surface area contributed by atoms with Crippen LogP contribution in [0.4, 0.5) is 13.2 Å². The number of ether oxygens (including phenoxy) is 1. The Morgan fingerprint density at radius 1 is 1.04 bits per heavy atom. The predicted molar refractivity (Wildman–Crippen MR) is 88.4 cm³/mol. The maximum absolute atomic E-state index is 12.4. The molecule has 0 saturated heterocycles. The van der Waals surface area contributed by atoms with E-state index >= 15 is 0 Å². The molecule has 0 N–H and O–H groups in total. The van der Waals surface area contributed by atoms with Crippen LogP contribution in [0.1, 0.15) is 11.1 Å². The normalized spacial score (nSPS) is 12.7. The molecule has 9 heteroatoms. The van der Waals surface area contributed by atoms with Crippen molar-refractivity contribution in [2.45, 2.75) is 18.0 Å². The lowest BCUT2D eigenvalue weighted by atomic mass is 10.1. The van der Waals surface area contributed by atoms with E-state index in [4.69, 9.17) is 0 Å². The Bertz CT molecular complexity index is 905. The molecule has 0 spiro atoms. The van der Waals surface area contributed by atoms with E-state index < -0.39 is 34.5 Å². The van der Waals surface area contributed by atoms with Crippen LogP contribution < -0.4 is 0 Å². The van der Waals surface area contributed by atoms with Crippen LogP contribution in [-0.4, -0.2) is 32.9 Å². The number of rotatable bonds is 5. The van der Waals surface area contributed by atoms with Gasteiger partial charge in [0.1, 0.15) is 0 Å². The molecule has 0 radical (unpaired) electrons. The minimum absolute atomic E-state index is 0.0235. The fourth-order valence-electron chi connectivity index (χ4n) is 1.90. The van der Waals surface area contributed by atoms with Gasteiger partial charge >= 0.3 is 12.1 Å². The quantitative estimate of drug-likeness (QED) is 0.585. The number of halogens is 3. The highest BCUT2D eigenvalue weighted by Gasteiger charge is 2.31. The molecule has 0 heterocycles. The Hall–Kier alpha value is -2.68. The van der Waals surface area contributed by atoms with Crippen molar-refractivity contribution in [2.24, 2.45) is 4.40 Å². The van der Waals surface area contributed by atoms with Crippen molar-refractivity contribution in [3.63, 3.8) is 0 Å². The fourth-order valence-corrected chi connectivity index (χ4v) is 2.91. The Morgan fingerprint density at radius 3 is 2.15 bits per heavy atom. The topological polar surface area (TPSA) is 72.8 Å². The number of aryl methyl sites for hydroxylation is 1. The van der Waals surface area contributed by atoms with Crippen molar-refractivity contribution >= 4 is 21.7 Å². The molecule has 0 fully saturated rings. The monoisotopic (exact) mass is 385 g/mol. The number of esters is 1. The maximum atomic E-state index is 12.4. The summed E-state index contributed by atoms with van der Waals surface area (Å²) in [6.45, 7) is -0.0914. The minimum atomic E-state index is -4.74. The van der Waals surface area contributed by atoms with Gasteiger partial charge in [-0.1, -0.05) is 48.0 Å². The number of carbonyl (C=O) groups excluding carboxylic acids is 1. The van der Waals surface area contributed by atoms with Crippen molar-refractivity contribution in [2.75, 3.05) is 6.61 Å². The summed E-state index contributed by atoms with van der Waals surface area (Å²) in [7, 11) is -4.32. The van der Waals surface area contributed by atoms with Crippen LogP contribution in [0.2, 0.25) is 0 Å². The molecule has 0 aliphatic rings. The van der Waals surface area contributed by atoms with Gasteiger partial charge in [-0.25, -0.2) is 4.79 Å². The van der Waals surface area contributed by atoms with Gasteiger partial charge in [0, 0.05) is 5.56 Å². The van der Waals surface area contributed by atoms with E-state index in [2.05, 4.69) is 9.13 Å². The zero-order valence-electron chi connectivity index (χ0n) is 13.5. The first-order valence-electron chi connectivity index (χ1n) is 7.29. The third kappa shape index (κ3) is 5.41. The molecule has 2 aromatic rings. The Morgan fingerprint density at radius 2 is 1.62 bits per heavy atom. The number of nitrogens with zero attached hydrogens (tertiary/aromatic N) is 1. The standard InChI is InChI=1S/C17H14F3NO4S/c1-12-7-9-14(10-8-12)26(23,24)21-15(13-5-3-2-4-6-13)16(22)25-11-17(18,19)20/h2-10H,11H2,1H3/b21-15+. The van der Waals surface area contributed by atoms with Crippen molar-refractivity contribution < 1.29 is 31.1 Å². The zero-order valence-corrected chi connectivity index (χ0v) is 14.3. The fraction of sp³-hybridized carbons (Fsp3) is 0.176. The van der Waals surface area contributed by atoms with Gasteiger partial charge in [-0.15, -0.1) is 0 Å². The van der Waals surface area contributed by atoms with Gasteiger partial charge in [-0.3, -0.25) is 0 Å². The van der Waals surface area contributed by atoms with Crippen molar-refractivity contribution in [3.05, 3.63) is 65.7 Å². The second kappa shape index (κ2) is 7.69. The van der Waals surface area contributed by atoms with Gasteiger partial charge < -0.3 is 4.74 Å². The number of carbonyl (C=O) groups is 1. The van der Waals surface area contributed by atoms with Crippen LogP contribution in [0.25, 0.3) is 0 Å². The first-order chi connectivity index (χ1) is 12.1. The van der Waals surface area contributed by atoms with Crippen molar-refractivity contribution in [1.82, 2.24) is 0 Å². The smallest absolute Gasteiger partial charge is 0.422 e. The highest BCUT2D eigenvalue weighted by molar-refractivity contribution is 7.90. The predicted octanol–water partition coefficient (Wildman–Crippen LogP) is 3.28. The summed E-state index contributed by atoms with van der Waals surface area (Å²) in [4.78, 5) is 11.8. The number of benzene rings is 2. The Labute approximate surface area is 148 Å². The second-order valence-electron chi connectivity index (χ2n) is 5.29. The van der Waals surface area contributed by atoms with Gasteiger partial charge in [-0.2, -0.15) is 26.0 Å². The summed E-state index contributed by atoms with van der Waals surface area (Å²) in [5.74, 6) is -1.48. The Kier molecular flexibility index (Phi) is 5.81. The zero-order chi connectivity index (χ0) is 19.4. The SMILES string of the molecule is Cc1ccc(S(=O)(=O)/N=C(/C(=O)OCC(F)(F)F)c2ccccc2)cc1. The molecule has 0 aliphatic carbocycles. The van der Waals surface area contributed by atoms with E-state index in [9.17, 15) is 26.4 Å². The molecule has 138 valence electrons. The molecule has 2 aromatic carbocycles. The van der Waals surface area contributed by atoms with Crippen molar-refractivity contribution in [1.29, 1.82) is 0 Å².